The van der Waals surface area contributed by atoms with Crippen LogP contribution in [0.2, 0.25) is 0 Å². The van der Waals surface area contributed by atoms with Crippen LogP contribution in [0.1, 0.15) is 125 Å². The van der Waals surface area contributed by atoms with Crippen LogP contribution in [-0.4, -0.2) is 9.55 Å². The van der Waals surface area contributed by atoms with Gasteiger partial charge in [-0.25, -0.2) is 4.98 Å². The standard InChI is InChI=1S/C63H67N4O.Pt/c1-59(2,3)45-25-28-55-54(36-45)53-27-26-51(39-56(53)67(55)58-37-46(29-30-64-58)60(4,5)6)68-52-32-43(42-21-17-15-18-22-42)31-50(38-52)66-41-65(40-57(66)63(13,14)44-23-19-16-20-24-44)49-34-47(61(7,8)9)33-48(35-49)62(10,11)12;/h15-37,40-41H,1-14H3;/q-3;. The second-order valence-electron chi connectivity index (χ2n) is 23.3. The molecule has 9 rings (SSSR count). The molecule has 0 amide bonds. The van der Waals surface area contributed by atoms with E-state index in [-0.39, 0.29) is 42.7 Å². The SMILES string of the molecule is CC(C)(C)c1cc(N2C=C(C(C)(C)c3ccccc3)N(c3[c-]c(Oc4[c-]c5c(cc4)c4cc(C(C)(C)C)ccc4n5-c4cc(C(C)(C)C)ccn4)cc(-c4ccccc4)c3)[CH-]2)cc(C(C)(C)C)c1.[Pt]. The second kappa shape index (κ2) is 18.1. The van der Waals surface area contributed by atoms with Crippen LogP contribution in [0.3, 0.4) is 0 Å². The number of hydrogen-bond donors (Lipinski definition) is 0. The van der Waals surface area contributed by atoms with Crippen LogP contribution in [0.25, 0.3) is 38.8 Å². The maximum atomic E-state index is 7.00. The van der Waals surface area contributed by atoms with Crippen molar-refractivity contribution >= 4 is 33.2 Å². The Labute approximate surface area is 426 Å². The summed E-state index contributed by atoms with van der Waals surface area (Å²) in [6.45, 7) is 34.1. The fourth-order valence-electron chi connectivity index (χ4n) is 9.16. The van der Waals surface area contributed by atoms with Crippen LogP contribution in [0, 0.1) is 18.8 Å². The van der Waals surface area contributed by atoms with Crippen molar-refractivity contribution in [2.75, 3.05) is 9.80 Å². The predicted molar refractivity (Wildman–Crippen MR) is 286 cm³/mol. The monoisotopic (exact) mass is 1090 g/mol. The Bertz CT molecular complexity index is 3160. The molecule has 6 aromatic carbocycles. The van der Waals surface area contributed by atoms with Gasteiger partial charge in [0.25, 0.3) is 0 Å². The first-order valence-corrected chi connectivity index (χ1v) is 24.1. The van der Waals surface area contributed by atoms with Gasteiger partial charge in [-0.3, -0.25) is 0 Å². The van der Waals surface area contributed by atoms with E-state index in [4.69, 9.17) is 9.72 Å². The van der Waals surface area contributed by atoms with Gasteiger partial charge in [0.1, 0.15) is 5.82 Å². The van der Waals surface area contributed by atoms with Crippen molar-refractivity contribution in [2.24, 2.45) is 0 Å². The van der Waals surface area contributed by atoms with E-state index in [0.29, 0.717) is 11.5 Å². The first kappa shape index (κ1) is 49.5. The van der Waals surface area contributed by atoms with Gasteiger partial charge in [-0.15, -0.1) is 53.6 Å². The number of nitrogens with zero attached hydrogens (tertiary/aromatic N) is 4. The predicted octanol–water partition coefficient (Wildman–Crippen LogP) is 16.7. The van der Waals surface area contributed by atoms with Gasteiger partial charge in [0.15, 0.2) is 0 Å². The fourth-order valence-corrected chi connectivity index (χ4v) is 9.16. The molecule has 0 fully saturated rings. The van der Waals surface area contributed by atoms with Gasteiger partial charge in [0, 0.05) is 61.1 Å². The zero-order valence-electron chi connectivity index (χ0n) is 42.9. The van der Waals surface area contributed by atoms with Crippen LogP contribution < -0.4 is 14.5 Å². The quantitative estimate of drug-likeness (QED) is 0.142. The van der Waals surface area contributed by atoms with E-state index in [2.05, 4.69) is 264 Å². The van der Waals surface area contributed by atoms with Crippen molar-refractivity contribution in [1.82, 2.24) is 9.55 Å². The van der Waals surface area contributed by atoms with Gasteiger partial charge in [0.05, 0.1) is 0 Å². The smallest absolute Gasteiger partial charge is 0.135 e. The van der Waals surface area contributed by atoms with Gasteiger partial charge < -0.3 is 19.1 Å². The number of aromatic nitrogens is 2. The third-order valence-corrected chi connectivity index (χ3v) is 13.6. The van der Waals surface area contributed by atoms with Crippen LogP contribution in [-0.2, 0) is 48.1 Å². The molecule has 358 valence electrons. The van der Waals surface area contributed by atoms with Crippen LogP contribution in [0.4, 0.5) is 11.4 Å². The van der Waals surface area contributed by atoms with Crippen LogP contribution in [0.5, 0.6) is 11.5 Å². The van der Waals surface area contributed by atoms with Crippen molar-refractivity contribution in [2.45, 2.75) is 124 Å². The van der Waals surface area contributed by atoms with Crippen LogP contribution >= 0.6 is 0 Å². The molecule has 0 N–H and O–H groups in total. The molecule has 69 heavy (non-hydrogen) atoms. The van der Waals surface area contributed by atoms with Crippen molar-refractivity contribution in [3.05, 3.63) is 198 Å². The van der Waals surface area contributed by atoms with E-state index in [1.165, 1.54) is 27.8 Å². The third kappa shape index (κ3) is 9.96. The molecular weight excluding hydrogens is 1020 g/mol. The molecule has 0 spiro atoms. The Morgan fingerprint density at radius 1 is 0.507 bits per heavy atom. The van der Waals surface area contributed by atoms with Crippen molar-refractivity contribution in [1.29, 1.82) is 0 Å². The summed E-state index contributed by atoms with van der Waals surface area (Å²) < 4.78 is 9.24. The Balaban J connectivity index is 0.00000642. The molecule has 8 aromatic rings. The normalized spacial score (nSPS) is 13.8. The largest absolute Gasteiger partial charge is 0.509 e. The summed E-state index contributed by atoms with van der Waals surface area (Å²) in [5, 5.41) is 2.26. The number of ether oxygens (including phenoxy) is 1. The van der Waals surface area contributed by atoms with Crippen molar-refractivity contribution < 1.29 is 25.8 Å². The van der Waals surface area contributed by atoms with E-state index >= 15 is 0 Å². The summed E-state index contributed by atoms with van der Waals surface area (Å²) in [6, 6.07) is 55.6. The zero-order valence-corrected chi connectivity index (χ0v) is 45.2. The molecule has 5 nitrogen and oxygen atoms in total. The molecule has 0 atom stereocenters. The average Bonchev–Trinajstić information content (AvgIpc) is 3.89. The number of anilines is 2. The third-order valence-electron chi connectivity index (χ3n) is 13.6. The summed E-state index contributed by atoms with van der Waals surface area (Å²) in [5.74, 6) is 2.04. The Hall–Kier alpha value is -5.90. The fraction of sp³-hybridized carbons (Fsp3) is 0.302. The molecule has 1 aliphatic rings. The van der Waals surface area contributed by atoms with Gasteiger partial charge >= 0.3 is 0 Å². The number of fused-ring (bicyclic) bond motifs is 3. The molecule has 0 saturated carbocycles. The van der Waals surface area contributed by atoms with Gasteiger partial charge in [-0.1, -0.05) is 181 Å². The molecule has 0 unspecified atom stereocenters. The van der Waals surface area contributed by atoms with E-state index in [1.54, 1.807) is 0 Å². The molecule has 0 saturated heterocycles. The maximum absolute atomic E-state index is 7.00. The van der Waals surface area contributed by atoms with E-state index in [1.807, 2.05) is 12.3 Å². The summed E-state index contributed by atoms with van der Waals surface area (Å²) in [5.41, 5.74) is 13.0. The molecular formula is C63H67N4OPt-3. The van der Waals surface area contributed by atoms with E-state index < -0.39 is 5.41 Å². The maximum Gasteiger partial charge on any atom is 0.135 e. The molecule has 0 radical (unpaired) electrons. The van der Waals surface area contributed by atoms with E-state index in [0.717, 1.165) is 55.8 Å². The Kier molecular flexibility index (Phi) is 13.0. The van der Waals surface area contributed by atoms with Crippen molar-refractivity contribution in [3.63, 3.8) is 0 Å². The molecule has 2 aromatic heterocycles. The molecule has 0 aliphatic carbocycles. The van der Waals surface area contributed by atoms with Gasteiger partial charge in [0.2, 0.25) is 0 Å². The molecule has 3 heterocycles. The van der Waals surface area contributed by atoms with E-state index in [9.17, 15) is 0 Å². The summed E-state index contributed by atoms with van der Waals surface area (Å²) in [6.07, 6.45) is 4.23. The zero-order chi connectivity index (χ0) is 48.6. The number of hydrogen-bond acceptors (Lipinski definition) is 4. The summed E-state index contributed by atoms with van der Waals surface area (Å²) in [7, 11) is 0. The van der Waals surface area contributed by atoms with Crippen molar-refractivity contribution in [3.8, 4) is 28.4 Å². The average molecular weight is 1090 g/mol. The summed E-state index contributed by atoms with van der Waals surface area (Å²) >= 11 is 0. The first-order chi connectivity index (χ1) is 31.9. The Morgan fingerprint density at radius 2 is 1.12 bits per heavy atom. The second-order valence-corrected chi connectivity index (χ2v) is 23.3. The minimum Gasteiger partial charge on any atom is -0.509 e. The topological polar surface area (TPSA) is 33.5 Å². The van der Waals surface area contributed by atoms with Gasteiger partial charge in [-0.05, 0) is 97.0 Å². The summed E-state index contributed by atoms with van der Waals surface area (Å²) in [4.78, 5) is 9.57. The number of rotatable bonds is 8. The molecule has 6 heteroatoms. The number of benzene rings is 6. The Morgan fingerprint density at radius 3 is 1.74 bits per heavy atom. The number of pyridine rings is 1. The minimum absolute atomic E-state index is 0. The van der Waals surface area contributed by atoms with Gasteiger partial charge in [-0.2, -0.15) is 6.07 Å². The molecule has 0 bridgehead atoms. The first-order valence-electron chi connectivity index (χ1n) is 24.1. The van der Waals surface area contributed by atoms with Crippen LogP contribution in [0.15, 0.2) is 152 Å². The molecule has 1 aliphatic heterocycles. The number of allylic oxidation sites excluding steroid dienone is 1. The minimum atomic E-state index is -0.393.